The highest BCUT2D eigenvalue weighted by molar-refractivity contribution is 7.67. The maximum Gasteiger partial charge on any atom is 0.115 e. The molecule has 2 heteroatoms. The molecule has 11 heavy (non-hydrogen) atoms. The van der Waals surface area contributed by atoms with Crippen LogP contribution in [-0.4, -0.2) is 12.3 Å². The molecule has 1 nitrogen and oxygen atoms in total. The topological polar surface area (TPSA) is 17.1 Å². The summed E-state index contributed by atoms with van der Waals surface area (Å²) in [6.45, 7) is 9.01. The van der Waals surface area contributed by atoms with Gasteiger partial charge in [-0.15, -0.1) is 13.2 Å². The van der Waals surface area contributed by atoms with Crippen molar-refractivity contribution in [1.29, 1.82) is 0 Å². The van der Waals surface area contributed by atoms with Crippen LogP contribution in [0, 0.1) is 0 Å². The third-order valence-electron chi connectivity index (χ3n) is 1.30. The van der Waals surface area contributed by atoms with Crippen LogP contribution in [0.2, 0.25) is 0 Å². The molecule has 0 aromatic carbocycles. The van der Waals surface area contributed by atoms with Crippen LogP contribution in [0.5, 0.6) is 0 Å². The maximum absolute atomic E-state index is 11.8. The molecular weight excluding hydrogens is 155 g/mol. The lowest BCUT2D eigenvalue weighted by Crippen LogP contribution is -1.86. The summed E-state index contributed by atoms with van der Waals surface area (Å²) in [6, 6.07) is 0. The molecule has 0 saturated carbocycles. The largest absolute Gasteiger partial charge is 0.319 e. The Balaban J connectivity index is 4.36. The molecule has 0 saturated heterocycles. The third kappa shape index (κ3) is 4.00. The highest BCUT2D eigenvalue weighted by atomic mass is 31.2. The van der Waals surface area contributed by atoms with Crippen LogP contribution >= 0.6 is 7.14 Å². The Hall–Kier alpha value is -0.550. The Kier molecular flexibility index (Phi) is 4.89. The summed E-state index contributed by atoms with van der Waals surface area (Å²) in [5.41, 5.74) is 0. The molecule has 0 atom stereocenters. The van der Waals surface area contributed by atoms with E-state index < -0.39 is 7.14 Å². The molecular formula is C9H15OP. The van der Waals surface area contributed by atoms with E-state index in [1.54, 1.807) is 18.0 Å². The van der Waals surface area contributed by atoms with Gasteiger partial charge < -0.3 is 4.57 Å². The second-order valence-electron chi connectivity index (χ2n) is 2.38. The minimum Gasteiger partial charge on any atom is -0.319 e. The molecule has 0 N–H and O–H groups in total. The minimum absolute atomic E-state index is 0.573. The first kappa shape index (κ1) is 10.4. The summed E-state index contributed by atoms with van der Waals surface area (Å²) in [5, 5.41) is 0. The first-order valence-electron chi connectivity index (χ1n) is 3.62. The van der Waals surface area contributed by atoms with Crippen molar-refractivity contribution in [3.63, 3.8) is 0 Å². The second-order valence-corrected chi connectivity index (χ2v) is 5.31. The van der Waals surface area contributed by atoms with E-state index in [-0.39, 0.29) is 0 Å². The van der Waals surface area contributed by atoms with Crippen molar-refractivity contribution >= 4 is 7.14 Å². The molecule has 0 aliphatic rings. The first-order chi connectivity index (χ1) is 5.18. The van der Waals surface area contributed by atoms with Gasteiger partial charge >= 0.3 is 0 Å². The molecule has 0 fully saturated rings. The van der Waals surface area contributed by atoms with Gasteiger partial charge in [0, 0.05) is 12.3 Å². The van der Waals surface area contributed by atoms with E-state index in [1.807, 2.05) is 13.0 Å². The smallest absolute Gasteiger partial charge is 0.115 e. The van der Waals surface area contributed by atoms with Gasteiger partial charge in [-0.2, -0.15) is 0 Å². The quantitative estimate of drug-likeness (QED) is 0.457. The van der Waals surface area contributed by atoms with Gasteiger partial charge in [-0.1, -0.05) is 18.2 Å². The average molecular weight is 170 g/mol. The van der Waals surface area contributed by atoms with Crippen molar-refractivity contribution in [2.75, 3.05) is 12.3 Å². The fourth-order valence-electron chi connectivity index (χ4n) is 0.905. The minimum atomic E-state index is -2.14. The van der Waals surface area contributed by atoms with Crippen LogP contribution in [0.25, 0.3) is 0 Å². The standard InChI is InChI=1S/C9H15OP/c1-4-7-11(10,8-5-2)9-6-3/h4-6,9H,1-2,7-8H2,3H3/b9-6+. The highest BCUT2D eigenvalue weighted by Gasteiger charge is 2.12. The van der Waals surface area contributed by atoms with E-state index >= 15 is 0 Å². The van der Waals surface area contributed by atoms with E-state index in [1.165, 1.54) is 0 Å². The number of hydrogen-bond donors (Lipinski definition) is 0. The van der Waals surface area contributed by atoms with Crippen LogP contribution in [0.3, 0.4) is 0 Å². The van der Waals surface area contributed by atoms with Crippen molar-refractivity contribution < 1.29 is 4.57 Å². The molecule has 0 heterocycles. The zero-order chi connectivity index (χ0) is 8.74. The summed E-state index contributed by atoms with van der Waals surface area (Å²) in [6.07, 6.45) is 6.37. The average Bonchev–Trinajstić information content (AvgIpc) is 1.88. The Morgan fingerprint density at radius 2 is 1.73 bits per heavy atom. The van der Waals surface area contributed by atoms with Gasteiger partial charge in [-0.25, -0.2) is 0 Å². The Labute approximate surface area is 68.9 Å². The van der Waals surface area contributed by atoms with Crippen LogP contribution in [-0.2, 0) is 4.57 Å². The fraction of sp³-hybridized carbons (Fsp3) is 0.333. The summed E-state index contributed by atoms with van der Waals surface area (Å²) in [7, 11) is -2.14. The summed E-state index contributed by atoms with van der Waals surface area (Å²) < 4.78 is 11.8. The fourth-order valence-corrected chi connectivity index (χ4v) is 2.71. The van der Waals surface area contributed by atoms with Crippen molar-refractivity contribution in [1.82, 2.24) is 0 Å². The monoisotopic (exact) mass is 170 g/mol. The molecule has 0 unspecified atom stereocenters. The van der Waals surface area contributed by atoms with E-state index in [0.717, 1.165) is 0 Å². The molecule has 0 amide bonds. The number of hydrogen-bond acceptors (Lipinski definition) is 1. The van der Waals surface area contributed by atoms with E-state index in [0.29, 0.717) is 12.3 Å². The molecule has 0 aromatic rings. The Morgan fingerprint density at radius 3 is 2.00 bits per heavy atom. The Morgan fingerprint density at radius 1 is 1.27 bits per heavy atom. The maximum atomic E-state index is 11.8. The van der Waals surface area contributed by atoms with Gasteiger partial charge in [0.1, 0.15) is 7.14 Å². The zero-order valence-corrected chi connectivity index (χ0v) is 7.89. The van der Waals surface area contributed by atoms with Gasteiger partial charge in [0.2, 0.25) is 0 Å². The summed E-state index contributed by atoms with van der Waals surface area (Å²) in [4.78, 5) is 0. The van der Waals surface area contributed by atoms with Crippen LogP contribution in [0.4, 0.5) is 0 Å². The van der Waals surface area contributed by atoms with E-state index in [2.05, 4.69) is 13.2 Å². The molecule has 0 rings (SSSR count). The van der Waals surface area contributed by atoms with Crippen molar-refractivity contribution in [3.8, 4) is 0 Å². The van der Waals surface area contributed by atoms with Crippen LogP contribution in [0.15, 0.2) is 37.2 Å². The van der Waals surface area contributed by atoms with Gasteiger partial charge in [0.15, 0.2) is 0 Å². The second kappa shape index (κ2) is 5.15. The number of allylic oxidation sites excluding steroid dienone is 3. The van der Waals surface area contributed by atoms with Gasteiger partial charge in [0.25, 0.3) is 0 Å². The van der Waals surface area contributed by atoms with E-state index in [4.69, 9.17) is 0 Å². The SMILES string of the molecule is C=CCP(=O)(/C=C/C)CC=C. The van der Waals surface area contributed by atoms with Crippen LogP contribution < -0.4 is 0 Å². The summed E-state index contributed by atoms with van der Waals surface area (Å²) >= 11 is 0. The Bertz CT molecular complexity index is 190. The lowest BCUT2D eigenvalue weighted by Gasteiger charge is -2.07. The predicted molar refractivity (Wildman–Crippen MR) is 52.5 cm³/mol. The van der Waals surface area contributed by atoms with Crippen molar-refractivity contribution in [2.45, 2.75) is 6.92 Å². The molecule has 0 radical (unpaired) electrons. The zero-order valence-electron chi connectivity index (χ0n) is 6.99. The normalized spacial score (nSPS) is 11.7. The number of rotatable bonds is 5. The molecule has 0 aliphatic carbocycles. The van der Waals surface area contributed by atoms with Crippen LogP contribution in [0.1, 0.15) is 6.92 Å². The molecule has 0 aliphatic heterocycles. The van der Waals surface area contributed by atoms with Crippen molar-refractivity contribution in [3.05, 3.63) is 37.2 Å². The first-order valence-corrected chi connectivity index (χ1v) is 5.76. The predicted octanol–water partition coefficient (Wildman–Crippen LogP) is 3.26. The van der Waals surface area contributed by atoms with Gasteiger partial charge in [-0.3, -0.25) is 0 Å². The molecule has 0 spiro atoms. The van der Waals surface area contributed by atoms with Crippen molar-refractivity contribution in [2.24, 2.45) is 0 Å². The third-order valence-corrected chi connectivity index (χ3v) is 3.89. The molecule has 62 valence electrons. The van der Waals surface area contributed by atoms with E-state index in [9.17, 15) is 4.57 Å². The lowest BCUT2D eigenvalue weighted by molar-refractivity contribution is 0.584. The molecule has 0 bridgehead atoms. The van der Waals surface area contributed by atoms with Gasteiger partial charge in [-0.05, 0) is 12.7 Å². The highest BCUT2D eigenvalue weighted by Crippen LogP contribution is 2.46. The van der Waals surface area contributed by atoms with Gasteiger partial charge in [0.05, 0.1) is 0 Å². The molecule has 0 aromatic heterocycles. The summed E-state index contributed by atoms with van der Waals surface area (Å²) in [5.74, 6) is 1.77. The lowest BCUT2D eigenvalue weighted by atomic mass is 10.7.